The van der Waals surface area contributed by atoms with Crippen molar-refractivity contribution < 1.29 is 17.9 Å². The Kier molecular flexibility index (Phi) is 6.02. The summed E-state index contributed by atoms with van der Waals surface area (Å²) in [6.45, 7) is 4.38. The fraction of sp³-hybridized carbons (Fsp3) is 0.455. The van der Waals surface area contributed by atoms with Gasteiger partial charge in [0.2, 0.25) is 0 Å². The van der Waals surface area contributed by atoms with Gasteiger partial charge in [-0.25, -0.2) is 13.2 Å². The smallest absolute Gasteiger partial charge is 0.166 e. The molecule has 2 atom stereocenters. The van der Waals surface area contributed by atoms with E-state index in [0.29, 0.717) is 29.7 Å². The minimum Gasteiger partial charge on any atom is -0.378 e. The number of hydrogen-bond acceptors (Lipinski definition) is 1. The number of benzene rings is 2. The molecule has 1 heterocycles. The highest BCUT2D eigenvalue weighted by Crippen LogP contribution is 2.35. The Balaban J connectivity index is 1.84. The molecule has 2 aromatic carbocycles. The average Bonchev–Trinajstić information content (AvgIpc) is 2.65. The molecule has 2 unspecified atom stereocenters. The minimum atomic E-state index is -0.915. The third kappa shape index (κ3) is 3.80. The lowest BCUT2D eigenvalue weighted by Gasteiger charge is -2.29. The van der Waals surface area contributed by atoms with E-state index >= 15 is 0 Å². The first-order chi connectivity index (χ1) is 12.5. The lowest BCUT2D eigenvalue weighted by atomic mass is 9.88. The molecular weight excluding hydrogens is 337 g/mol. The Morgan fingerprint density at radius 2 is 1.81 bits per heavy atom. The van der Waals surface area contributed by atoms with Gasteiger partial charge in [0.25, 0.3) is 0 Å². The van der Waals surface area contributed by atoms with Crippen LogP contribution < -0.4 is 0 Å². The van der Waals surface area contributed by atoms with Crippen molar-refractivity contribution in [3.8, 4) is 11.1 Å². The molecular formula is C22H25F3O. The number of hydrogen-bond donors (Lipinski definition) is 0. The number of aryl methyl sites for hydroxylation is 1. The predicted molar refractivity (Wildman–Crippen MR) is 97.8 cm³/mol. The van der Waals surface area contributed by atoms with Gasteiger partial charge in [-0.2, -0.15) is 0 Å². The van der Waals surface area contributed by atoms with Crippen molar-refractivity contribution in [2.24, 2.45) is 0 Å². The Morgan fingerprint density at radius 3 is 2.42 bits per heavy atom. The molecule has 2 aromatic rings. The van der Waals surface area contributed by atoms with Crippen molar-refractivity contribution in [2.75, 3.05) is 6.61 Å². The third-order valence-corrected chi connectivity index (χ3v) is 5.28. The summed E-state index contributed by atoms with van der Waals surface area (Å²) in [4.78, 5) is 0. The van der Waals surface area contributed by atoms with E-state index in [0.717, 1.165) is 25.7 Å². The van der Waals surface area contributed by atoms with Crippen LogP contribution in [-0.4, -0.2) is 12.7 Å². The quantitative estimate of drug-likeness (QED) is 0.598. The van der Waals surface area contributed by atoms with E-state index in [4.69, 9.17) is 4.74 Å². The minimum absolute atomic E-state index is 0.0911. The number of rotatable bonds is 5. The highest BCUT2D eigenvalue weighted by Gasteiger charge is 2.26. The van der Waals surface area contributed by atoms with Crippen LogP contribution in [0.15, 0.2) is 30.3 Å². The molecule has 140 valence electrons. The molecule has 0 aliphatic carbocycles. The van der Waals surface area contributed by atoms with Crippen molar-refractivity contribution in [1.82, 2.24) is 0 Å². The van der Waals surface area contributed by atoms with Gasteiger partial charge in [0.15, 0.2) is 11.6 Å². The zero-order valence-electron chi connectivity index (χ0n) is 15.3. The van der Waals surface area contributed by atoms with Crippen molar-refractivity contribution in [2.45, 2.75) is 58.0 Å². The Bertz CT molecular complexity index is 764. The number of halogens is 3. The molecule has 3 rings (SSSR count). The van der Waals surface area contributed by atoms with Gasteiger partial charge in [-0.05, 0) is 48.4 Å². The molecule has 0 saturated carbocycles. The van der Waals surface area contributed by atoms with E-state index in [9.17, 15) is 13.2 Å². The van der Waals surface area contributed by atoms with Crippen LogP contribution in [0.3, 0.4) is 0 Å². The lowest BCUT2D eigenvalue weighted by molar-refractivity contribution is -0.00181. The second kappa shape index (κ2) is 8.26. The van der Waals surface area contributed by atoms with Gasteiger partial charge in [0.05, 0.1) is 12.7 Å². The summed E-state index contributed by atoms with van der Waals surface area (Å²) >= 11 is 0. The average molecular weight is 362 g/mol. The zero-order valence-corrected chi connectivity index (χ0v) is 15.3. The summed E-state index contributed by atoms with van der Waals surface area (Å²) in [7, 11) is 0. The molecule has 0 spiro atoms. The molecule has 0 amide bonds. The molecule has 1 aliphatic rings. The van der Waals surface area contributed by atoms with Gasteiger partial charge >= 0.3 is 0 Å². The maximum atomic E-state index is 14.7. The highest BCUT2D eigenvalue weighted by atomic mass is 19.2. The largest absolute Gasteiger partial charge is 0.378 e. The normalized spacial score (nSPS) is 20.3. The topological polar surface area (TPSA) is 9.23 Å². The monoisotopic (exact) mass is 362 g/mol. The molecule has 4 heteroatoms. The maximum Gasteiger partial charge on any atom is 0.166 e. The Labute approximate surface area is 153 Å². The third-order valence-electron chi connectivity index (χ3n) is 5.28. The fourth-order valence-electron chi connectivity index (χ4n) is 3.71. The van der Waals surface area contributed by atoms with Crippen LogP contribution in [0.1, 0.15) is 56.6 Å². The van der Waals surface area contributed by atoms with Crippen molar-refractivity contribution >= 4 is 0 Å². The standard InChI is InChI=1S/C22H25F3O/c1-3-5-17-9-8-16(13-26-17)19-11-10-18(21(24)22(19)25)15-7-6-14(4-2)20(23)12-15/h6-7,10-12,16-17H,3-5,8-9,13H2,1-2H3. The molecule has 1 fully saturated rings. The highest BCUT2D eigenvalue weighted by molar-refractivity contribution is 5.65. The molecule has 0 radical (unpaired) electrons. The maximum absolute atomic E-state index is 14.7. The van der Waals surface area contributed by atoms with E-state index in [1.807, 2.05) is 6.92 Å². The second-order valence-corrected chi connectivity index (χ2v) is 7.01. The molecule has 0 N–H and O–H groups in total. The lowest BCUT2D eigenvalue weighted by Crippen LogP contribution is -2.25. The van der Waals surface area contributed by atoms with Gasteiger partial charge in [-0.3, -0.25) is 0 Å². The second-order valence-electron chi connectivity index (χ2n) is 7.01. The molecule has 0 bridgehead atoms. The van der Waals surface area contributed by atoms with Crippen molar-refractivity contribution in [3.05, 3.63) is 58.9 Å². The zero-order chi connectivity index (χ0) is 18.7. The van der Waals surface area contributed by atoms with Crippen LogP contribution in [0.5, 0.6) is 0 Å². The summed E-state index contributed by atoms with van der Waals surface area (Å²) in [5, 5.41) is 0. The van der Waals surface area contributed by atoms with Gasteiger partial charge < -0.3 is 4.74 Å². The first kappa shape index (κ1) is 19.0. The molecule has 1 nitrogen and oxygen atoms in total. The summed E-state index contributed by atoms with van der Waals surface area (Å²) in [5.74, 6) is -2.28. The van der Waals surface area contributed by atoms with Crippen molar-refractivity contribution in [3.63, 3.8) is 0 Å². The van der Waals surface area contributed by atoms with Crippen LogP contribution in [-0.2, 0) is 11.2 Å². The molecule has 26 heavy (non-hydrogen) atoms. The Hall–Kier alpha value is -1.81. The van der Waals surface area contributed by atoms with Gasteiger partial charge in [-0.15, -0.1) is 0 Å². The van der Waals surface area contributed by atoms with Gasteiger partial charge in [-0.1, -0.05) is 44.5 Å². The molecule has 1 saturated heterocycles. The molecule has 1 aliphatic heterocycles. The summed E-state index contributed by atoms with van der Waals surface area (Å²) in [6, 6.07) is 7.70. The van der Waals surface area contributed by atoms with E-state index in [2.05, 4.69) is 6.92 Å². The Morgan fingerprint density at radius 1 is 1.00 bits per heavy atom. The van der Waals surface area contributed by atoms with Crippen LogP contribution >= 0.6 is 0 Å². The van der Waals surface area contributed by atoms with Crippen LogP contribution in [0, 0.1) is 17.5 Å². The van der Waals surface area contributed by atoms with E-state index in [1.54, 1.807) is 24.3 Å². The van der Waals surface area contributed by atoms with Crippen LogP contribution in [0.25, 0.3) is 11.1 Å². The van der Waals surface area contributed by atoms with Gasteiger partial charge in [0.1, 0.15) is 5.82 Å². The van der Waals surface area contributed by atoms with Crippen LogP contribution in [0.4, 0.5) is 13.2 Å². The van der Waals surface area contributed by atoms with E-state index < -0.39 is 17.5 Å². The van der Waals surface area contributed by atoms with Crippen LogP contribution in [0.2, 0.25) is 0 Å². The summed E-state index contributed by atoms with van der Waals surface area (Å²) < 4.78 is 49.2. The SMILES string of the molecule is CCCC1CCC(c2ccc(-c3ccc(CC)c(F)c3)c(F)c2F)CO1. The van der Waals surface area contributed by atoms with Gasteiger partial charge in [0, 0.05) is 11.5 Å². The number of ether oxygens (including phenoxy) is 1. The molecule has 0 aromatic heterocycles. The fourth-order valence-corrected chi connectivity index (χ4v) is 3.71. The van der Waals surface area contributed by atoms with Crippen molar-refractivity contribution in [1.29, 1.82) is 0 Å². The predicted octanol–water partition coefficient (Wildman–Crippen LogP) is 6.40. The van der Waals surface area contributed by atoms with E-state index in [1.165, 1.54) is 6.07 Å². The summed E-state index contributed by atoms with van der Waals surface area (Å²) in [6.07, 6.45) is 4.50. The van der Waals surface area contributed by atoms with E-state index in [-0.39, 0.29) is 17.6 Å². The summed E-state index contributed by atoms with van der Waals surface area (Å²) in [5.41, 5.74) is 1.36. The first-order valence-electron chi connectivity index (χ1n) is 9.43. The first-order valence-corrected chi connectivity index (χ1v) is 9.43.